The van der Waals surface area contributed by atoms with Crippen LogP contribution in [0.3, 0.4) is 0 Å². The van der Waals surface area contributed by atoms with Crippen LogP contribution in [0.15, 0.2) is 24.3 Å². The van der Waals surface area contributed by atoms with E-state index in [4.69, 9.17) is 4.79 Å². The standard InChI is InChI=1S/C8H6O2.C2H4O/c9-5-7-3-1-2-4-8(7)6-10;1-2-3/h1-6H;2H,1H3. The van der Waals surface area contributed by atoms with Gasteiger partial charge in [-0.25, -0.2) is 0 Å². The molecular weight excluding hydrogens is 168 g/mol. The minimum absolute atomic E-state index is 0.442. The van der Waals surface area contributed by atoms with Gasteiger partial charge in [0.2, 0.25) is 0 Å². The molecule has 3 heteroatoms. The van der Waals surface area contributed by atoms with Crippen molar-refractivity contribution in [3.05, 3.63) is 35.4 Å². The van der Waals surface area contributed by atoms with Gasteiger partial charge in [-0.1, -0.05) is 24.3 Å². The summed E-state index contributed by atoms with van der Waals surface area (Å²) in [5.41, 5.74) is 0.884. The maximum atomic E-state index is 10.2. The number of carbonyl (C=O) groups is 3. The first kappa shape index (κ1) is 11.2. The summed E-state index contributed by atoms with van der Waals surface area (Å²) in [5.74, 6) is 0. The van der Waals surface area contributed by atoms with E-state index < -0.39 is 0 Å². The molecule has 13 heavy (non-hydrogen) atoms. The van der Waals surface area contributed by atoms with Gasteiger partial charge in [0.15, 0.2) is 12.6 Å². The summed E-state index contributed by atoms with van der Waals surface area (Å²) >= 11 is 0. The molecule has 0 saturated carbocycles. The monoisotopic (exact) mass is 178 g/mol. The summed E-state index contributed by atoms with van der Waals surface area (Å²) < 4.78 is 0. The smallest absolute Gasteiger partial charge is 0.150 e. The van der Waals surface area contributed by atoms with Crippen LogP contribution in [0.4, 0.5) is 0 Å². The molecule has 0 heterocycles. The van der Waals surface area contributed by atoms with E-state index in [1.54, 1.807) is 24.3 Å². The molecule has 0 radical (unpaired) electrons. The number of benzene rings is 1. The van der Waals surface area contributed by atoms with Crippen LogP contribution in [-0.4, -0.2) is 18.9 Å². The van der Waals surface area contributed by atoms with Gasteiger partial charge in [0.05, 0.1) is 0 Å². The number of rotatable bonds is 2. The number of aldehydes is 3. The first-order valence-corrected chi connectivity index (χ1v) is 3.69. The average molecular weight is 178 g/mol. The molecule has 68 valence electrons. The van der Waals surface area contributed by atoms with Crippen LogP contribution in [-0.2, 0) is 4.79 Å². The predicted octanol–water partition coefficient (Wildman–Crippen LogP) is 1.52. The fourth-order valence-corrected chi connectivity index (χ4v) is 0.726. The van der Waals surface area contributed by atoms with E-state index in [0.29, 0.717) is 23.7 Å². The molecule has 0 aliphatic heterocycles. The van der Waals surface area contributed by atoms with Gasteiger partial charge in [-0.2, -0.15) is 0 Å². The van der Waals surface area contributed by atoms with Gasteiger partial charge in [0.25, 0.3) is 0 Å². The van der Waals surface area contributed by atoms with Crippen molar-refractivity contribution in [1.29, 1.82) is 0 Å². The minimum Gasteiger partial charge on any atom is -0.304 e. The highest BCUT2D eigenvalue weighted by atomic mass is 16.1. The molecule has 0 spiro atoms. The molecule has 0 fully saturated rings. The second-order valence-corrected chi connectivity index (χ2v) is 2.10. The number of hydrogen-bond acceptors (Lipinski definition) is 3. The molecule has 0 aliphatic carbocycles. The molecule has 0 atom stereocenters. The molecule has 0 aromatic heterocycles. The van der Waals surface area contributed by atoms with Gasteiger partial charge < -0.3 is 4.79 Å². The highest BCUT2D eigenvalue weighted by Crippen LogP contribution is 2.01. The Balaban J connectivity index is 0.000000424. The van der Waals surface area contributed by atoms with Gasteiger partial charge in [-0.15, -0.1) is 0 Å². The molecule has 0 bridgehead atoms. The molecule has 0 amide bonds. The lowest BCUT2D eigenvalue weighted by Crippen LogP contribution is -1.87. The molecule has 1 aromatic rings. The van der Waals surface area contributed by atoms with Crippen molar-refractivity contribution in [2.45, 2.75) is 6.92 Å². The van der Waals surface area contributed by atoms with Crippen molar-refractivity contribution in [2.75, 3.05) is 0 Å². The number of carbonyl (C=O) groups excluding carboxylic acids is 3. The van der Waals surface area contributed by atoms with Crippen LogP contribution in [0.2, 0.25) is 0 Å². The summed E-state index contributed by atoms with van der Waals surface area (Å²) in [5, 5.41) is 0. The van der Waals surface area contributed by atoms with Gasteiger partial charge in [0, 0.05) is 11.1 Å². The zero-order valence-electron chi connectivity index (χ0n) is 7.27. The second-order valence-electron chi connectivity index (χ2n) is 2.10. The van der Waals surface area contributed by atoms with Gasteiger partial charge in [-0.05, 0) is 6.92 Å². The quantitative estimate of drug-likeness (QED) is 0.645. The Morgan fingerprint density at radius 1 is 0.923 bits per heavy atom. The molecule has 0 N–H and O–H groups in total. The van der Waals surface area contributed by atoms with Gasteiger partial charge in [-0.3, -0.25) is 9.59 Å². The Morgan fingerprint density at radius 2 is 1.23 bits per heavy atom. The SMILES string of the molecule is CC=O.O=Cc1ccccc1C=O. The maximum Gasteiger partial charge on any atom is 0.150 e. The second kappa shape index (κ2) is 6.91. The summed E-state index contributed by atoms with van der Waals surface area (Å²) in [4.78, 5) is 29.3. The largest absolute Gasteiger partial charge is 0.304 e. The number of hydrogen-bond donors (Lipinski definition) is 0. The van der Waals surface area contributed by atoms with E-state index in [1.165, 1.54) is 6.92 Å². The molecule has 0 unspecified atom stereocenters. The Hall–Kier alpha value is -1.77. The van der Waals surface area contributed by atoms with Crippen molar-refractivity contribution >= 4 is 18.9 Å². The maximum absolute atomic E-state index is 10.2. The Morgan fingerprint density at radius 3 is 1.46 bits per heavy atom. The third-order valence-electron chi connectivity index (χ3n) is 1.25. The highest BCUT2D eigenvalue weighted by molar-refractivity contribution is 5.89. The van der Waals surface area contributed by atoms with Crippen molar-refractivity contribution in [3.63, 3.8) is 0 Å². The highest BCUT2D eigenvalue weighted by Gasteiger charge is 1.95. The van der Waals surface area contributed by atoms with E-state index in [1.807, 2.05) is 0 Å². The zero-order valence-corrected chi connectivity index (χ0v) is 7.27. The third kappa shape index (κ3) is 3.96. The molecule has 0 saturated heterocycles. The van der Waals surface area contributed by atoms with Crippen molar-refractivity contribution in [2.24, 2.45) is 0 Å². The van der Waals surface area contributed by atoms with Gasteiger partial charge in [0.1, 0.15) is 6.29 Å². The van der Waals surface area contributed by atoms with Crippen molar-refractivity contribution < 1.29 is 14.4 Å². The molecule has 3 nitrogen and oxygen atoms in total. The third-order valence-corrected chi connectivity index (χ3v) is 1.25. The van der Waals surface area contributed by atoms with Gasteiger partial charge >= 0.3 is 0 Å². The van der Waals surface area contributed by atoms with Crippen molar-refractivity contribution in [3.8, 4) is 0 Å². The summed E-state index contributed by atoms with van der Waals surface area (Å²) in [6.07, 6.45) is 2.09. The van der Waals surface area contributed by atoms with Crippen LogP contribution in [0.5, 0.6) is 0 Å². The van der Waals surface area contributed by atoms with E-state index in [9.17, 15) is 9.59 Å². The van der Waals surface area contributed by atoms with E-state index in [-0.39, 0.29) is 0 Å². The summed E-state index contributed by atoms with van der Waals surface area (Å²) in [6, 6.07) is 6.65. The molecule has 1 rings (SSSR count). The Labute approximate surface area is 76.4 Å². The van der Waals surface area contributed by atoms with Crippen molar-refractivity contribution in [1.82, 2.24) is 0 Å². The van der Waals surface area contributed by atoms with Crippen LogP contribution in [0, 0.1) is 0 Å². The first-order chi connectivity index (χ1) is 6.29. The summed E-state index contributed by atoms with van der Waals surface area (Å²) in [6.45, 7) is 1.44. The molecule has 1 aromatic carbocycles. The molecular formula is C10H10O3. The van der Waals surface area contributed by atoms with E-state index in [0.717, 1.165) is 6.29 Å². The molecule has 0 aliphatic rings. The normalized spacial score (nSPS) is 7.77. The first-order valence-electron chi connectivity index (χ1n) is 3.69. The topological polar surface area (TPSA) is 51.2 Å². The lowest BCUT2D eigenvalue weighted by atomic mass is 10.1. The van der Waals surface area contributed by atoms with E-state index in [2.05, 4.69) is 0 Å². The van der Waals surface area contributed by atoms with Crippen LogP contribution in [0.1, 0.15) is 27.6 Å². The zero-order chi connectivity index (χ0) is 10.1. The lowest BCUT2D eigenvalue weighted by molar-refractivity contribution is -0.106. The van der Waals surface area contributed by atoms with Crippen LogP contribution >= 0.6 is 0 Å². The predicted molar refractivity (Wildman–Crippen MR) is 49.0 cm³/mol. The summed E-state index contributed by atoms with van der Waals surface area (Å²) in [7, 11) is 0. The fourth-order valence-electron chi connectivity index (χ4n) is 0.726. The lowest BCUT2D eigenvalue weighted by Gasteiger charge is -1.91. The average Bonchev–Trinajstić information content (AvgIpc) is 2.19. The Bertz CT molecular complexity index is 265. The minimum atomic E-state index is 0.442. The van der Waals surface area contributed by atoms with Crippen LogP contribution in [0.25, 0.3) is 0 Å². The van der Waals surface area contributed by atoms with E-state index >= 15 is 0 Å². The van der Waals surface area contributed by atoms with Crippen LogP contribution < -0.4 is 0 Å². The fraction of sp³-hybridized carbons (Fsp3) is 0.100. The Kier molecular flexibility index (Phi) is 5.97.